The molecular weight excluding hydrogens is 336 g/mol. The molecule has 0 unspecified atom stereocenters. The van der Waals surface area contributed by atoms with Crippen molar-refractivity contribution in [3.63, 3.8) is 0 Å². The lowest BCUT2D eigenvalue weighted by atomic mass is 10.1. The number of hydrogen-bond acceptors (Lipinski definition) is 5. The summed E-state index contributed by atoms with van der Waals surface area (Å²) in [5.74, 6) is 1.54. The summed E-state index contributed by atoms with van der Waals surface area (Å²) < 4.78 is 6.19. The topological polar surface area (TPSA) is 59.9 Å². The summed E-state index contributed by atoms with van der Waals surface area (Å²) in [6, 6.07) is 14.3. The fourth-order valence-corrected chi connectivity index (χ4v) is 3.35. The van der Waals surface area contributed by atoms with Gasteiger partial charge in [0.05, 0.1) is 5.69 Å². The van der Waals surface area contributed by atoms with E-state index < -0.39 is 0 Å². The molecule has 0 spiro atoms. The van der Waals surface area contributed by atoms with Gasteiger partial charge in [0.25, 0.3) is 0 Å². The van der Waals surface area contributed by atoms with Crippen LogP contribution in [0.4, 0.5) is 0 Å². The molecule has 0 fully saturated rings. The van der Waals surface area contributed by atoms with Gasteiger partial charge in [0, 0.05) is 42.4 Å². The van der Waals surface area contributed by atoms with Crippen LogP contribution in [0.2, 0.25) is 0 Å². The van der Waals surface area contributed by atoms with Crippen LogP contribution in [-0.4, -0.2) is 28.0 Å². The third-order valence-electron chi connectivity index (χ3n) is 4.88. The van der Waals surface area contributed by atoms with Crippen LogP contribution < -0.4 is 10.1 Å². The van der Waals surface area contributed by atoms with Crippen molar-refractivity contribution in [2.45, 2.75) is 32.8 Å². The number of nitrogens with one attached hydrogen (secondary N) is 1. The van der Waals surface area contributed by atoms with Crippen LogP contribution in [0, 0.1) is 6.92 Å². The van der Waals surface area contributed by atoms with Crippen LogP contribution in [0.3, 0.4) is 0 Å². The molecule has 1 aliphatic heterocycles. The first-order valence-corrected chi connectivity index (χ1v) is 9.46. The van der Waals surface area contributed by atoms with Gasteiger partial charge in [-0.1, -0.05) is 36.4 Å². The second-order valence-corrected chi connectivity index (χ2v) is 6.82. The Kier molecular flexibility index (Phi) is 5.39. The van der Waals surface area contributed by atoms with E-state index >= 15 is 0 Å². The molecule has 1 N–H and O–H groups in total. The highest BCUT2D eigenvalue weighted by molar-refractivity contribution is 5.34. The van der Waals surface area contributed by atoms with Gasteiger partial charge in [-0.15, -0.1) is 0 Å². The van der Waals surface area contributed by atoms with Crippen LogP contribution in [0.15, 0.2) is 48.7 Å². The van der Waals surface area contributed by atoms with E-state index in [0.29, 0.717) is 13.0 Å². The molecule has 5 heteroatoms. The number of pyridine rings is 1. The first-order chi connectivity index (χ1) is 13.3. The Bertz CT molecular complexity index is 911. The van der Waals surface area contributed by atoms with E-state index in [-0.39, 0.29) is 0 Å². The summed E-state index contributed by atoms with van der Waals surface area (Å²) in [4.78, 5) is 14.0. The van der Waals surface area contributed by atoms with Gasteiger partial charge in [0.2, 0.25) is 5.88 Å². The van der Waals surface area contributed by atoms with Crippen LogP contribution in [-0.2, 0) is 25.9 Å². The minimum atomic E-state index is 0.474. The molecule has 138 valence electrons. The molecule has 1 aliphatic rings. The molecule has 0 amide bonds. The van der Waals surface area contributed by atoms with Crippen LogP contribution in [0.25, 0.3) is 0 Å². The van der Waals surface area contributed by atoms with Gasteiger partial charge in [-0.3, -0.25) is 4.98 Å². The highest BCUT2D eigenvalue weighted by Gasteiger charge is 2.18. The Morgan fingerprint density at radius 1 is 1.00 bits per heavy atom. The van der Waals surface area contributed by atoms with E-state index in [1.54, 1.807) is 6.20 Å². The number of fused-ring (bicyclic) bond motifs is 1. The lowest BCUT2D eigenvalue weighted by Crippen LogP contribution is -2.16. The van der Waals surface area contributed by atoms with Crippen molar-refractivity contribution < 1.29 is 4.74 Å². The minimum Gasteiger partial charge on any atom is -0.472 e. The molecule has 3 heterocycles. The van der Waals surface area contributed by atoms with Crippen molar-refractivity contribution in [3.05, 3.63) is 82.6 Å². The van der Waals surface area contributed by atoms with E-state index in [0.717, 1.165) is 60.2 Å². The largest absolute Gasteiger partial charge is 0.472 e. The average Bonchev–Trinajstić information content (AvgIpc) is 2.93. The zero-order valence-electron chi connectivity index (χ0n) is 15.6. The van der Waals surface area contributed by atoms with Gasteiger partial charge in [0.15, 0.2) is 0 Å². The predicted molar refractivity (Wildman–Crippen MR) is 105 cm³/mol. The summed E-state index contributed by atoms with van der Waals surface area (Å²) in [6.07, 6.45) is 4.31. The van der Waals surface area contributed by atoms with Crippen LogP contribution in [0.1, 0.15) is 33.9 Å². The quantitative estimate of drug-likeness (QED) is 0.758. The third kappa shape index (κ3) is 4.31. The molecule has 2 aromatic heterocycles. The zero-order valence-corrected chi connectivity index (χ0v) is 15.6. The molecule has 3 aromatic rings. The van der Waals surface area contributed by atoms with Crippen molar-refractivity contribution in [1.29, 1.82) is 0 Å². The normalized spacial score (nSPS) is 13.7. The molecular formula is C22H24N4O. The molecule has 0 aliphatic carbocycles. The summed E-state index contributed by atoms with van der Waals surface area (Å²) >= 11 is 0. The average molecular weight is 360 g/mol. The summed E-state index contributed by atoms with van der Waals surface area (Å²) in [6.45, 7) is 4.35. The Morgan fingerprint density at radius 2 is 1.85 bits per heavy atom. The van der Waals surface area contributed by atoms with Crippen LogP contribution in [0.5, 0.6) is 5.88 Å². The highest BCUT2D eigenvalue weighted by atomic mass is 16.5. The van der Waals surface area contributed by atoms with E-state index in [4.69, 9.17) is 14.7 Å². The highest BCUT2D eigenvalue weighted by Crippen LogP contribution is 2.24. The maximum Gasteiger partial charge on any atom is 0.220 e. The fraction of sp³-hybridized carbons (Fsp3) is 0.318. The van der Waals surface area contributed by atoms with Crippen molar-refractivity contribution in [3.8, 4) is 5.88 Å². The SMILES string of the molecule is Cc1ncccc1COc1nc(Cc2ccccc2)nc2c1CCNCC2. The number of rotatable bonds is 5. The predicted octanol–water partition coefficient (Wildman–Crippen LogP) is 3.04. The number of benzene rings is 1. The Balaban J connectivity index is 1.63. The Morgan fingerprint density at radius 3 is 2.70 bits per heavy atom. The molecule has 0 radical (unpaired) electrons. The van der Waals surface area contributed by atoms with E-state index in [1.165, 1.54) is 5.56 Å². The Labute approximate surface area is 159 Å². The summed E-state index contributed by atoms with van der Waals surface area (Å²) in [5, 5.41) is 3.44. The van der Waals surface area contributed by atoms with Crippen molar-refractivity contribution >= 4 is 0 Å². The third-order valence-corrected chi connectivity index (χ3v) is 4.88. The Hall–Kier alpha value is -2.79. The van der Waals surface area contributed by atoms with E-state index in [1.807, 2.05) is 31.2 Å². The van der Waals surface area contributed by atoms with Gasteiger partial charge in [-0.25, -0.2) is 4.98 Å². The minimum absolute atomic E-state index is 0.474. The number of aromatic nitrogens is 3. The van der Waals surface area contributed by atoms with E-state index in [2.05, 4.69) is 28.5 Å². The van der Waals surface area contributed by atoms with Gasteiger partial charge in [-0.2, -0.15) is 4.98 Å². The second kappa shape index (κ2) is 8.27. The molecule has 4 rings (SSSR count). The zero-order chi connectivity index (χ0) is 18.5. The second-order valence-electron chi connectivity index (χ2n) is 6.82. The molecule has 0 saturated heterocycles. The molecule has 1 aromatic carbocycles. The van der Waals surface area contributed by atoms with Crippen LogP contribution >= 0.6 is 0 Å². The fourth-order valence-electron chi connectivity index (χ4n) is 3.35. The van der Waals surface area contributed by atoms with Gasteiger partial charge in [-0.05, 0) is 31.5 Å². The smallest absolute Gasteiger partial charge is 0.220 e. The number of aryl methyl sites for hydroxylation is 1. The maximum atomic E-state index is 6.19. The van der Waals surface area contributed by atoms with Crippen molar-refractivity contribution in [1.82, 2.24) is 20.3 Å². The number of nitrogens with zero attached hydrogens (tertiary/aromatic N) is 3. The van der Waals surface area contributed by atoms with Crippen molar-refractivity contribution in [2.24, 2.45) is 0 Å². The van der Waals surface area contributed by atoms with Gasteiger partial charge >= 0.3 is 0 Å². The van der Waals surface area contributed by atoms with Gasteiger partial charge < -0.3 is 10.1 Å². The standard InChI is InChI=1S/C22H24N4O/c1-16-18(8-5-11-24-16)15-27-22-19-9-12-23-13-10-20(19)25-21(26-22)14-17-6-3-2-4-7-17/h2-8,11,23H,9-10,12-15H2,1H3. The summed E-state index contributed by atoms with van der Waals surface area (Å²) in [7, 11) is 0. The summed E-state index contributed by atoms with van der Waals surface area (Å²) in [5.41, 5.74) is 5.53. The molecule has 0 bridgehead atoms. The first-order valence-electron chi connectivity index (χ1n) is 9.46. The molecule has 0 atom stereocenters. The molecule has 5 nitrogen and oxygen atoms in total. The number of ether oxygens (including phenoxy) is 1. The lowest BCUT2D eigenvalue weighted by Gasteiger charge is -2.15. The maximum absolute atomic E-state index is 6.19. The van der Waals surface area contributed by atoms with Crippen molar-refractivity contribution in [2.75, 3.05) is 13.1 Å². The first kappa shape index (κ1) is 17.6. The van der Waals surface area contributed by atoms with E-state index in [9.17, 15) is 0 Å². The number of hydrogen-bond donors (Lipinski definition) is 1. The lowest BCUT2D eigenvalue weighted by molar-refractivity contribution is 0.287. The molecule has 27 heavy (non-hydrogen) atoms. The monoisotopic (exact) mass is 360 g/mol. The molecule has 0 saturated carbocycles. The van der Waals surface area contributed by atoms with Gasteiger partial charge in [0.1, 0.15) is 12.4 Å².